The van der Waals surface area contributed by atoms with Crippen LogP contribution in [0.2, 0.25) is 0 Å². The highest BCUT2D eigenvalue weighted by molar-refractivity contribution is 7.89. The van der Waals surface area contributed by atoms with Gasteiger partial charge in [-0.1, -0.05) is 5.16 Å². The fourth-order valence-electron chi connectivity index (χ4n) is 2.43. The van der Waals surface area contributed by atoms with Gasteiger partial charge in [-0.2, -0.15) is 9.82 Å². The van der Waals surface area contributed by atoms with E-state index in [1.807, 2.05) is 7.05 Å². The number of hydrogen-bond acceptors (Lipinski definition) is 6. The molecule has 0 spiro atoms. The zero-order valence-electron chi connectivity index (χ0n) is 12.0. The largest absolute Gasteiger partial charge is 0.409 e. The molecule has 5 N–H and O–H groups in total. The minimum Gasteiger partial charge on any atom is -0.409 e. The van der Waals surface area contributed by atoms with Crippen molar-refractivity contribution >= 4 is 15.9 Å². The maximum atomic E-state index is 12.5. The quantitative estimate of drug-likeness (QED) is 0.249. The summed E-state index contributed by atoms with van der Waals surface area (Å²) in [6, 6.07) is 0. The van der Waals surface area contributed by atoms with Gasteiger partial charge in [0.1, 0.15) is 4.90 Å². The Kier molecular flexibility index (Phi) is 4.21. The van der Waals surface area contributed by atoms with Gasteiger partial charge in [-0.25, -0.2) is 8.42 Å². The van der Waals surface area contributed by atoms with Crippen LogP contribution < -0.4 is 10.5 Å². The molecular weight excluding hydrogens is 296 g/mol. The van der Waals surface area contributed by atoms with E-state index in [1.165, 1.54) is 6.20 Å². The van der Waals surface area contributed by atoms with Gasteiger partial charge in [0.15, 0.2) is 5.84 Å². The number of aryl methyl sites for hydroxylation is 1. The second-order valence-electron chi connectivity index (χ2n) is 5.34. The maximum absolute atomic E-state index is 12.5. The highest BCUT2D eigenvalue weighted by atomic mass is 32.2. The van der Waals surface area contributed by atoms with Crippen molar-refractivity contribution in [1.82, 2.24) is 19.8 Å². The molecule has 0 bridgehead atoms. The molecule has 0 saturated carbocycles. The van der Waals surface area contributed by atoms with Crippen LogP contribution in [-0.4, -0.2) is 60.2 Å². The fraction of sp³-hybridized carbons (Fsp3) is 0.636. The number of nitrogens with two attached hydrogens (primary N) is 1. The molecule has 2 rings (SSSR count). The third-order valence-corrected chi connectivity index (χ3v) is 5.49. The summed E-state index contributed by atoms with van der Waals surface area (Å²) in [6.45, 7) is 2.90. The van der Waals surface area contributed by atoms with Crippen molar-refractivity contribution in [2.75, 3.05) is 20.1 Å². The lowest BCUT2D eigenvalue weighted by molar-refractivity contribution is 0.213. The van der Waals surface area contributed by atoms with E-state index in [2.05, 4.69) is 25.0 Å². The Morgan fingerprint density at radius 1 is 1.57 bits per heavy atom. The van der Waals surface area contributed by atoms with Gasteiger partial charge in [-0.05, 0) is 26.8 Å². The predicted molar refractivity (Wildman–Crippen MR) is 76.5 cm³/mol. The van der Waals surface area contributed by atoms with Crippen molar-refractivity contribution in [3.05, 3.63) is 11.9 Å². The molecule has 10 heteroatoms. The SMILES string of the molecule is Cc1[nH]ncc1S(=O)(=O)NC1(/C(N)=N/O)CCN(C)CC1. The smallest absolute Gasteiger partial charge is 0.244 e. The molecule has 0 radical (unpaired) electrons. The summed E-state index contributed by atoms with van der Waals surface area (Å²) < 4.78 is 27.6. The summed E-state index contributed by atoms with van der Waals surface area (Å²) in [4.78, 5) is 2.12. The minimum absolute atomic E-state index is 0.0616. The van der Waals surface area contributed by atoms with Gasteiger partial charge in [0.05, 0.1) is 17.4 Å². The molecule has 1 fully saturated rings. The molecule has 9 nitrogen and oxygen atoms in total. The van der Waals surface area contributed by atoms with Crippen LogP contribution in [0.25, 0.3) is 0 Å². The van der Waals surface area contributed by atoms with E-state index >= 15 is 0 Å². The summed E-state index contributed by atoms with van der Waals surface area (Å²) in [5.41, 5.74) is 5.11. The molecule has 2 heterocycles. The Morgan fingerprint density at radius 2 is 2.19 bits per heavy atom. The van der Waals surface area contributed by atoms with Crippen LogP contribution >= 0.6 is 0 Å². The summed E-state index contributed by atoms with van der Waals surface area (Å²) in [5.74, 6) is -0.125. The highest BCUT2D eigenvalue weighted by Crippen LogP contribution is 2.25. The van der Waals surface area contributed by atoms with Gasteiger partial charge in [0, 0.05) is 13.1 Å². The molecule has 0 unspecified atom stereocenters. The number of oxime groups is 1. The lowest BCUT2D eigenvalue weighted by Gasteiger charge is -2.39. The Bertz CT molecular complexity index is 630. The van der Waals surface area contributed by atoms with Gasteiger partial charge < -0.3 is 15.8 Å². The Morgan fingerprint density at radius 3 is 2.67 bits per heavy atom. The Balaban J connectivity index is 2.34. The molecule has 0 atom stereocenters. The lowest BCUT2D eigenvalue weighted by Crippen LogP contribution is -2.61. The molecule has 21 heavy (non-hydrogen) atoms. The normalized spacial score (nSPS) is 20.6. The summed E-state index contributed by atoms with van der Waals surface area (Å²) >= 11 is 0. The lowest BCUT2D eigenvalue weighted by atomic mass is 9.88. The van der Waals surface area contributed by atoms with Crippen molar-refractivity contribution in [3.8, 4) is 0 Å². The number of rotatable bonds is 4. The zero-order valence-corrected chi connectivity index (χ0v) is 12.8. The van der Waals surface area contributed by atoms with E-state index in [1.54, 1.807) is 6.92 Å². The fourth-order valence-corrected chi connectivity index (χ4v) is 4.00. The van der Waals surface area contributed by atoms with Crippen molar-refractivity contribution in [2.24, 2.45) is 10.9 Å². The maximum Gasteiger partial charge on any atom is 0.244 e. The van der Waals surface area contributed by atoms with Crippen LogP contribution in [0.3, 0.4) is 0 Å². The average Bonchev–Trinajstić information content (AvgIpc) is 2.87. The monoisotopic (exact) mass is 316 g/mol. The molecule has 0 aliphatic carbocycles. The van der Waals surface area contributed by atoms with Crippen molar-refractivity contribution in [3.63, 3.8) is 0 Å². The zero-order chi connectivity index (χ0) is 15.7. The first kappa shape index (κ1) is 15.7. The Hall–Kier alpha value is -1.65. The molecular formula is C11H20N6O3S. The van der Waals surface area contributed by atoms with E-state index in [4.69, 9.17) is 10.9 Å². The van der Waals surface area contributed by atoms with Crippen LogP contribution in [0.1, 0.15) is 18.5 Å². The average molecular weight is 316 g/mol. The van der Waals surface area contributed by atoms with Crippen molar-refractivity contribution in [2.45, 2.75) is 30.2 Å². The molecule has 1 saturated heterocycles. The van der Waals surface area contributed by atoms with Crippen molar-refractivity contribution < 1.29 is 13.6 Å². The molecule has 1 aromatic heterocycles. The first-order valence-electron chi connectivity index (χ1n) is 6.51. The van der Waals surface area contributed by atoms with Gasteiger partial charge in [0.2, 0.25) is 10.0 Å². The minimum atomic E-state index is -3.81. The Labute approximate surface area is 123 Å². The molecule has 1 aliphatic heterocycles. The number of aromatic nitrogens is 2. The van der Waals surface area contributed by atoms with Crippen molar-refractivity contribution in [1.29, 1.82) is 0 Å². The highest BCUT2D eigenvalue weighted by Gasteiger charge is 2.42. The van der Waals surface area contributed by atoms with Crippen LogP contribution in [0.4, 0.5) is 0 Å². The van der Waals surface area contributed by atoms with Gasteiger partial charge in [-0.15, -0.1) is 0 Å². The number of sulfonamides is 1. The van der Waals surface area contributed by atoms with Crippen LogP contribution in [-0.2, 0) is 10.0 Å². The number of hydrogen-bond donors (Lipinski definition) is 4. The molecule has 0 aromatic carbocycles. The van der Waals surface area contributed by atoms with Crippen LogP contribution in [0.5, 0.6) is 0 Å². The third-order valence-electron chi connectivity index (χ3n) is 3.84. The second-order valence-corrected chi connectivity index (χ2v) is 6.99. The van der Waals surface area contributed by atoms with E-state index in [0.717, 1.165) is 0 Å². The number of piperidine rings is 1. The van der Waals surface area contributed by atoms with E-state index in [9.17, 15) is 8.42 Å². The van der Waals surface area contributed by atoms with Gasteiger partial charge in [0.25, 0.3) is 0 Å². The summed E-state index contributed by atoms with van der Waals surface area (Å²) in [7, 11) is -1.88. The molecule has 1 aromatic rings. The van der Waals surface area contributed by atoms with Crippen LogP contribution in [0, 0.1) is 6.92 Å². The second kappa shape index (κ2) is 5.62. The standard InChI is InChI=1S/C11H20N6O3S/c1-8-9(7-13-14-8)21(19,20)16-11(10(12)15-18)3-5-17(2)6-4-11/h7,16,18H,3-6H2,1-2H3,(H2,12,15)(H,13,14). The number of nitrogens with one attached hydrogen (secondary N) is 2. The van der Waals surface area contributed by atoms with Gasteiger partial charge in [-0.3, -0.25) is 5.10 Å². The topological polar surface area (TPSA) is 137 Å². The predicted octanol–water partition coefficient (Wildman–Crippen LogP) is -0.793. The molecule has 0 amide bonds. The number of amidine groups is 1. The summed E-state index contributed by atoms with van der Waals surface area (Å²) in [5, 5.41) is 18.3. The summed E-state index contributed by atoms with van der Waals surface area (Å²) in [6.07, 6.45) is 2.09. The van der Waals surface area contributed by atoms with Crippen LogP contribution in [0.15, 0.2) is 16.2 Å². The van der Waals surface area contributed by atoms with E-state index in [0.29, 0.717) is 31.6 Å². The van der Waals surface area contributed by atoms with E-state index in [-0.39, 0.29) is 10.7 Å². The van der Waals surface area contributed by atoms with E-state index < -0.39 is 15.6 Å². The van der Waals surface area contributed by atoms with Gasteiger partial charge >= 0.3 is 0 Å². The number of aromatic amines is 1. The number of nitrogens with zero attached hydrogens (tertiary/aromatic N) is 3. The first-order valence-corrected chi connectivity index (χ1v) is 7.99. The molecule has 118 valence electrons. The number of likely N-dealkylation sites (tertiary alicyclic amines) is 1. The number of H-pyrrole nitrogens is 1. The third kappa shape index (κ3) is 3.01. The molecule has 1 aliphatic rings. The first-order chi connectivity index (χ1) is 9.81.